The van der Waals surface area contributed by atoms with Crippen LogP contribution in [-0.2, 0) is 16.1 Å². The molecule has 2 aliphatic heterocycles. The zero-order valence-corrected chi connectivity index (χ0v) is 22.0. The number of benzene rings is 1. The van der Waals surface area contributed by atoms with Gasteiger partial charge in [0.15, 0.2) is 0 Å². The molecule has 200 valence electrons. The van der Waals surface area contributed by atoms with E-state index in [1.54, 1.807) is 11.3 Å². The van der Waals surface area contributed by atoms with Crippen LogP contribution in [0.2, 0.25) is 0 Å². The molecule has 0 atom stereocenters. The van der Waals surface area contributed by atoms with Crippen molar-refractivity contribution in [1.82, 2.24) is 19.8 Å². The first-order chi connectivity index (χ1) is 18.3. The molecule has 0 spiro atoms. The number of likely N-dealkylation sites (N-methyl/N-ethyl adjacent to an activating group) is 1. The van der Waals surface area contributed by atoms with Gasteiger partial charge in [-0.15, -0.1) is 16.1 Å². The molecule has 0 aliphatic carbocycles. The van der Waals surface area contributed by atoms with Crippen molar-refractivity contribution < 1.29 is 24.6 Å². The molecule has 1 saturated heterocycles. The van der Waals surface area contributed by atoms with E-state index in [4.69, 9.17) is 9.83 Å². The van der Waals surface area contributed by atoms with E-state index in [2.05, 4.69) is 40.5 Å². The molecule has 1 aromatic carbocycles. The Morgan fingerprint density at radius 2 is 1.82 bits per heavy atom. The number of thiophene rings is 1. The van der Waals surface area contributed by atoms with Crippen molar-refractivity contribution in [2.75, 3.05) is 38.5 Å². The molecule has 0 radical (unpaired) electrons. The van der Waals surface area contributed by atoms with E-state index in [-0.39, 0.29) is 25.3 Å². The van der Waals surface area contributed by atoms with Gasteiger partial charge in [-0.2, -0.15) is 0 Å². The minimum absolute atomic E-state index is 0.0978. The van der Waals surface area contributed by atoms with E-state index in [0.717, 1.165) is 59.5 Å². The Morgan fingerprint density at radius 3 is 2.55 bits per heavy atom. The zero-order valence-electron chi connectivity index (χ0n) is 21.2. The average Bonchev–Trinajstić information content (AvgIpc) is 3.37. The lowest BCUT2D eigenvalue weighted by Gasteiger charge is -2.34. The van der Waals surface area contributed by atoms with Gasteiger partial charge in [0.25, 0.3) is 0 Å². The third kappa shape index (κ3) is 5.60. The molecule has 2 aromatic heterocycles. The molecule has 0 unspecified atom stereocenters. The van der Waals surface area contributed by atoms with Gasteiger partial charge >= 0.3 is 5.97 Å². The third-order valence-electron chi connectivity index (χ3n) is 6.47. The molecule has 4 N–H and O–H groups in total. The number of hydrogen-bond donors (Lipinski definition) is 4. The Bertz CT molecular complexity index is 1370. The van der Waals surface area contributed by atoms with Gasteiger partial charge in [-0.25, -0.2) is 9.79 Å². The summed E-state index contributed by atoms with van der Waals surface area (Å²) in [5.41, 5.74) is 3.70. The zero-order chi connectivity index (χ0) is 26.8. The van der Waals surface area contributed by atoms with Gasteiger partial charge in [0, 0.05) is 56.2 Å². The molecular weight excluding hydrogens is 508 g/mol. The fraction of sp³-hybridized carbons (Fsp3) is 0.346. The number of rotatable bonds is 6. The van der Waals surface area contributed by atoms with Gasteiger partial charge < -0.3 is 35.5 Å². The molecule has 12 heteroatoms. The Morgan fingerprint density at radius 1 is 1.08 bits per heavy atom. The summed E-state index contributed by atoms with van der Waals surface area (Å²) in [6.07, 6.45) is -0.309. The number of aryl methyl sites for hydroxylation is 1. The third-order valence-corrected chi connectivity index (χ3v) is 7.44. The van der Waals surface area contributed by atoms with Gasteiger partial charge in [-0.1, -0.05) is 6.07 Å². The predicted molar refractivity (Wildman–Crippen MR) is 144 cm³/mol. The van der Waals surface area contributed by atoms with Crippen molar-refractivity contribution in [3.8, 4) is 11.8 Å². The number of carbonyl (C=O) groups excluding carboxylic acids is 2. The number of nitrogens with one attached hydrogen (secondary N) is 2. The minimum atomic E-state index is -0.758. The Balaban J connectivity index is 1.24. The summed E-state index contributed by atoms with van der Waals surface area (Å²) in [6, 6.07) is 10.4. The van der Waals surface area contributed by atoms with Crippen LogP contribution in [0.25, 0.3) is 0 Å². The van der Waals surface area contributed by atoms with Crippen molar-refractivity contribution in [2.24, 2.45) is 4.99 Å². The van der Waals surface area contributed by atoms with Crippen molar-refractivity contribution in [1.29, 1.82) is 0 Å². The van der Waals surface area contributed by atoms with E-state index in [1.807, 2.05) is 18.2 Å². The summed E-state index contributed by atoms with van der Waals surface area (Å²) in [7, 11) is 2.13. The number of amidine groups is 1. The molecule has 0 bridgehead atoms. The quantitative estimate of drug-likeness (QED) is 0.377. The van der Waals surface area contributed by atoms with Crippen molar-refractivity contribution in [3.63, 3.8) is 0 Å². The van der Waals surface area contributed by atoms with Crippen LogP contribution in [0, 0.1) is 6.92 Å². The molecule has 1 amide bonds. The number of piperazine rings is 1. The molecule has 4 heterocycles. The topological polar surface area (TPSA) is 132 Å². The number of amides is 1. The lowest BCUT2D eigenvalue weighted by Crippen LogP contribution is -2.47. The van der Waals surface area contributed by atoms with Crippen LogP contribution in [0.4, 0.5) is 16.4 Å². The molecule has 0 saturated carbocycles. The Hall–Kier alpha value is -4.03. The van der Waals surface area contributed by atoms with Crippen LogP contribution in [0.1, 0.15) is 28.8 Å². The van der Waals surface area contributed by atoms with Crippen molar-refractivity contribution >= 4 is 45.4 Å². The highest BCUT2D eigenvalue weighted by atomic mass is 32.1. The number of anilines is 2. The average molecular weight is 539 g/mol. The van der Waals surface area contributed by atoms with Crippen molar-refractivity contribution in [3.05, 3.63) is 52.4 Å². The fourth-order valence-electron chi connectivity index (χ4n) is 4.36. The van der Waals surface area contributed by atoms with Crippen LogP contribution in [0.15, 0.2) is 41.4 Å². The second-order valence-corrected chi connectivity index (χ2v) is 10.6. The summed E-state index contributed by atoms with van der Waals surface area (Å²) >= 11 is 1.71. The lowest BCUT2D eigenvalue weighted by atomic mass is 10.1. The number of aromatic hydroxyl groups is 2. The number of nitrogens with zero attached hydrogens (tertiary/aromatic N) is 4. The van der Waals surface area contributed by atoms with E-state index in [1.165, 1.54) is 17.0 Å². The highest BCUT2D eigenvalue weighted by Crippen LogP contribution is 2.39. The molecule has 5 rings (SSSR count). The lowest BCUT2D eigenvalue weighted by molar-refractivity contribution is -0.146. The fourth-order valence-corrected chi connectivity index (χ4v) is 5.28. The summed E-state index contributed by atoms with van der Waals surface area (Å²) in [5, 5.41) is 26.5. The van der Waals surface area contributed by atoms with E-state index in [9.17, 15) is 19.8 Å². The van der Waals surface area contributed by atoms with Gasteiger partial charge in [-0.05, 0) is 37.7 Å². The van der Waals surface area contributed by atoms with Gasteiger partial charge in [0.2, 0.25) is 17.7 Å². The van der Waals surface area contributed by atoms with Gasteiger partial charge in [-0.3, -0.25) is 4.79 Å². The molecule has 2 aliphatic rings. The monoisotopic (exact) mass is 538 g/mol. The van der Waals surface area contributed by atoms with Gasteiger partial charge in [0.05, 0.1) is 23.4 Å². The number of carbonyl (C=O) groups is 2. The number of aliphatic imine (C=N–C) groups is 1. The predicted octanol–water partition coefficient (Wildman–Crippen LogP) is 2.70. The minimum Gasteiger partial charge on any atom is -0.492 e. The summed E-state index contributed by atoms with van der Waals surface area (Å²) in [5.74, 6) is -0.951. The van der Waals surface area contributed by atoms with Crippen molar-refractivity contribution in [2.45, 2.75) is 26.3 Å². The normalized spacial score (nSPS) is 15.1. The summed E-state index contributed by atoms with van der Waals surface area (Å²) in [4.78, 5) is 40.2. The second-order valence-electron chi connectivity index (χ2n) is 9.39. The smallest absolute Gasteiger partial charge is 0.333 e. The molecule has 1 fully saturated rings. The molecule has 3 aromatic rings. The van der Waals surface area contributed by atoms with Crippen LogP contribution in [0.5, 0.6) is 11.8 Å². The maximum Gasteiger partial charge on any atom is 0.333 e. The largest absolute Gasteiger partial charge is 0.492 e. The standard InChI is InChI=1S/C26H30N6O5S/c1-16-13-18-25(31-11-9-30(2)10-12-31)28-20-14-17(3-4-19(20)29-26(18)38-16)15-27-21(33)5-8-24(36)37-32-22(34)6-7-23(32)35/h3-4,6-7,13-14,29,34-35H,5,8-12,15H2,1-2H3,(H,27,33). The Kier molecular flexibility index (Phi) is 7.25. The highest BCUT2D eigenvalue weighted by molar-refractivity contribution is 7.16. The summed E-state index contributed by atoms with van der Waals surface area (Å²) < 4.78 is 0.598. The van der Waals surface area contributed by atoms with Crippen LogP contribution in [0.3, 0.4) is 0 Å². The van der Waals surface area contributed by atoms with E-state index in [0.29, 0.717) is 4.73 Å². The maximum atomic E-state index is 12.4. The first kappa shape index (κ1) is 25.6. The molecular formula is C26H30N6O5S. The molecule has 38 heavy (non-hydrogen) atoms. The maximum absolute atomic E-state index is 12.4. The SMILES string of the molecule is Cc1cc2c(s1)Nc1ccc(CNC(=O)CCC(=O)On3c(O)ccc3O)cc1N=C2N1CCN(C)CC1. The first-order valence-electron chi connectivity index (χ1n) is 12.4. The van der Waals surface area contributed by atoms with Gasteiger partial charge in [0.1, 0.15) is 10.8 Å². The van der Waals surface area contributed by atoms with Crippen LogP contribution < -0.4 is 15.5 Å². The number of fused-ring (bicyclic) bond motifs is 2. The van der Waals surface area contributed by atoms with Crippen LogP contribution in [-0.4, -0.2) is 75.7 Å². The first-order valence-corrected chi connectivity index (χ1v) is 13.2. The van der Waals surface area contributed by atoms with Crippen LogP contribution >= 0.6 is 11.3 Å². The van der Waals surface area contributed by atoms with E-state index >= 15 is 0 Å². The number of hydrogen-bond acceptors (Lipinski definition) is 10. The Labute approximate surface area is 223 Å². The highest BCUT2D eigenvalue weighted by Gasteiger charge is 2.25. The molecule has 11 nitrogen and oxygen atoms in total. The second kappa shape index (κ2) is 10.8. The number of aromatic nitrogens is 1. The van der Waals surface area contributed by atoms with E-state index < -0.39 is 17.7 Å². The summed E-state index contributed by atoms with van der Waals surface area (Å²) in [6.45, 7) is 6.14.